The smallest absolute Gasteiger partial charge is 0.386 e. The highest BCUT2D eigenvalue weighted by molar-refractivity contribution is 5.52. The fourth-order valence-electron chi connectivity index (χ4n) is 2.10. The Morgan fingerprint density at radius 1 is 1.14 bits per heavy atom. The van der Waals surface area contributed by atoms with Crippen molar-refractivity contribution < 1.29 is 4.42 Å². The molecule has 2 heterocycles. The normalized spacial score (nSPS) is 11.2. The summed E-state index contributed by atoms with van der Waals surface area (Å²) < 4.78 is 8.28. The Labute approximate surface area is 121 Å². The molecule has 0 spiro atoms. The number of hydrogen-bond acceptors (Lipinski definition) is 4. The summed E-state index contributed by atoms with van der Waals surface area (Å²) in [6, 6.07) is 9.70. The number of rotatable bonds is 3. The molecular formula is C15H16N4O2. The van der Waals surface area contributed by atoms with Gasteiger partial charge in [0.2, 0.25) is 0 Å². The quantitative estimate of drug-likeness (QED) is 0.741. The van der Waals surface area contributed by atoms with Gasteiger partial charge in [0.1, 0.15) is 0 Å². The summed E-state index contributed by atoms with van der Waals surface area (Å²) in [7, 11) is 0. The van der Waals surface area contributed by atoms with Crippen molar-refractivity contribution in [2.75, 3.05) is 0 Å². The highest BCUT2D eigenvalue weighted by atomic mass is 16.4. The fraction of sp³-hybridized carbons (Fsp3) is 0.267. The predicted octanol–water partition coefficient (Wildman–Crippen LogP) is 2.58. The van der Waals surface area contributed by atoms with E-state index >= 15 is 0 Å². The van der Waals surface area contributed by atoms with E-state index in [0.717, 1.165) is 11.3 Å². The molecule has 0 fully saturated rings. The Hall–Kier alpha value is -2.63. The van der Waals surface area contributed by atoms with Crippen LogP contribution in [0.5, 0.6) is 0 Å². The van der Waals surface area contributed by atoms with Crippen molar-refractivity contribution in [2.24, 2.45) is 0 Å². The second kappa shape index (κ2) is 5.05. The van der Waals surface area contributed by atoms with Gasteiger partial charge in [0, 0.05) is 11.8 Å². The molecule has 2 aromatic heterocycles. The minimum absolute atomic E-state index is 0.0495. The summed E-state index contributed by atoms with van der Waals surface area (Å²) in [5.74, 6) is -0.213. The van der Waals surface area contributed by atoms with E-state index in [1.54, 1.807) is 4.68 Å². The molecule has 1 aromatic carbocycles. The van der Waals surface area contributed by atoms with Gasteiger partial charge in [0.15, 0.2) is 5.69 Å². The summed E-state index contributed by atoms with van der Waals surface area (Å²) in [5.41, 5.74) is 2.42. The van der Waals surface area contributed by atoms with Gasteiger partial charge in [0.05, 0.1) is 11.7 Å². The van der Waals surface area contributed by atoms with Gasteiger partial charge in [0.25, 0.3) is 5.89 Å². The molecule has 0 atom stereocenters. The van der Waals surface area contributed by atoms with Crippen molar-refractivity contribution in [1.29, 1.82) is 0 Å². The largest absolute Gasteiger partial charge is 0.437 e. The van der Waals surface area contributed by atoms with Crippen molar-refractivity contribution >= 4 is 0 Å². The fourth-order valence-corrected chi connectivity index (χ4v) is 2.10. The minimum atomic E-state index is -0.464. The highest BCUT2D eigenvalue weighted by Gasteiger charge is 2.17. The van der Waals surface area contributed by atoms with Crippen molar-refractivity contribution in [3.8, 4) is 17.3 Å². The van der Waals surface area contributed by atoms with Gasteiger partial charge in [-0.15, -0.1) is 5.10 Å². The number of hydrogen-bond donors (Lipinski definition) is 0. The summed E-state index contributed by atoms with van der Waals surface area (Å²) in [5, 5.41) is 8.68. The van der Waals surface area contributed by atoms with Gasteiger partial charge in [-0.25, -0.2) is 9.48 Å². The SMILES string of the molecule is Cc1cn(-c2ccccc2)nc1-c1nn(C(C)C)c(=O)o1. The van der Waals surface area contributed by atoms with E-state index < -0.39 is 5.76 Å². The number of nitrogens with zero attached hydrogens (tertiary/aromatic N) is 4. The van der Waals surface area contributed by atoms with Gasteiger partial charge in [-0.2, -0.15) is 9.78 Å². The molecule has 108 valence electrons. The minimum Gasteiger partial charge on any atom is -0.386 e. The van der Waals surface area contributed by atoms with Crippen LogP contribution in [0.2, 0.25) is 0 Å². The third kappa shape index (κ3) is 2.40. The second-order valence-electron chi connectivity index (χ2n) is 5.15. The van der Waals surface area contributed by atoms with Gasteiger partial charge in [-0.3, -0.25) is 0 Å². The summed E-state index contributed by atoms with van der Waals surface area (Å²) >= 11 is 0. The lowest BCUT2D eigenvalue weighted by molar-refractivity contribution is 0.449. The third-order valence-electron chi connectivity index (χ3n) is 3.18. The van der Waals surface area contributed by atoms with Crippen LogP contribution >= 0.6 is 0 Å². The lowest BCUT2D eigenvalue weighted by atomic mass is 10.3. The molecule has 6 nitrogen and oxygen atoms in total. The van der Waals surface area contributed by atoms with Gasteiger partial charge in [-0.1, -0.05) is 18.2 Å². The van der Waals surface area contributed by atoms with Crippen LogP contribution in [0, 0.1) is 6.92 Å². The Morgan fingerprint density at radius 2 is 1.86 bits per heavy atom. The molecule has 0 aliphatic carbocycles. The summed E-state index contributed by atoms with van der Waals surface area (Å²) in [4.78, 5) is 11.7. The van der Waals surface area contributed by atoms with E-state index in [4.69, 9.17) is 4.42 Å². The van der Waals surface area contributed by atoms with E-state index in [1.165, 1.54) is 4.68 Å². The first kappa shape index (κ1) is 13.4. The maximum absolute atomic E-state index is 11.7. The molecule has 3 aromatic rings. The lowest BCUT2D eigenvalue weighted by Gasteiger charge is -1.99. The molecule has 0 bridgehead atoms. The Balaban J connectivity index is 2.06. The van der Waals surface area contributed by atoms with Crippen LogP contribution in [0.15, 0.2) is 45.7 Å². The van der Waals surface area contributed by atoms with Gasteiger partial charge >= 0.3 is 5.76 Å². The van der Waals surface area contributed by atoms with Crippen LogP contribution < -0.4 is 5.76 Å². The third-order valence-corrected chi connectivity index (χ3v) is 3.18. The topological polar surface area (TPSA) is 65.8 Å². The maximum Gasteiger partial charge on any atom is 0.437 e. The van der Waals surface area contributed by atoms with Gasteiger partial charge < -0.3 is 4.42 Å². The molecule has 0 amide bonds. The Morgan fingerprint density at radius 3 is 2.48 bits per heavy atom. The molecule has 0 N–H and O–H groups in total. The van der Waals surface area contributed by atoms with Crippen molar-refractivity contribution in [1.82, 2.24) is 19.6 Å². The number of benzene rings is 1. The molecule has 3 rings (SSSR count). The van der Waals surface area contributed by atoms with Crippen LogP contribution in [0.25, 0.3) is 17.3 Å². The molecule has 0 unspecified atom stereocenters. The van der Waals surface area contributed by atoms with E-state index in [0.29, 0.717) is 5.69 Å². The zero-order valence-corrected chi connectivity index (χ0v) is 12.1. The van der Waals surface area contributed by atoms with E-state index in [9.17, 15) is 4.79 Å². The zero-order valence-electron chi connectivity index (χ0n) is 12.1. The van der Waals surface area contributed by atoms with Crippen LogP contribution in [0.3, 0.4) is 0 Å². The molecule has 0 saturated carbocycles. The predicted molar refractivity (Wildman–Crippen MR) is 78.4 cm³/mol. The molecular weight excluding hydrogens is 268 g/mol. The molecule has 0 aliphatic rings. The first-order chi connectivity index (χ1) is 10.1. The zero-order chi connectivity index (χ0) is 15.0. The molecule has 6 heteroatoms. The van der Waals surface area contributed by atoms with E-state index in [-0.39, 0.29) is 11.9 Å². The Kier molecular flexibility index (Phi) is 3.21. The lowest BCUT2D eigenvalue weighted by Crippen LogP contribution is -2.17. The van der Waals surface area contributed by atoms with Crippen LogP contribution in [-0.2, 0) is 0 Å². The van der Waals surface area contributed by atoms with Crippen LogP contribution in [0.1, 0.15) is 25.5 Å². The second-order valence-corrected chi connectivity index (χ2v) is 5.15. The van der Waals surface area contributed by atoms with Crippen molar-refractivity contribution in [3.05, 3.63) is 52.6 Å². The van der Waals surface area contributed by atoms with Gasteiger partial charge in [-0.05, 0) is 32.9 Å². The molecule has 0 saturated heterocycles. The number of aromatic nitrogens is 4. The van der Waals surface area contributed by atoms with E-state index in [2.05, 4.69) is 10.2 Å². The highest BCUT2D eigenvalue weighted by Crippen LogP contribution is 2.20. The molecule has 0 aliphatic heterocycles. The number of para-hydroxylation sites is 1. The Bertz CT molecular complexity index is 812. The summed E-state index contributed by atoms with van der Waals surface area (Å²) in [6.07, 6.45) is 1.89. The van der Waals surface area contributed by atoms with E-state index in [1.807, 2.05) is 57.3 Å². The first-order valence-corrected chi connectivity index (χ1v) is 6.78. The average Bonchev–Trinajstić information content (AvgIpc) is 3.03. The monoisotopic (exact) mass is 284 g/mol. The van der Waals surface area contributed by atoms with Crippen molar-refractivity contribution in [2.45, 2.75) is 26.8 Å². The average molecular weight is 284 g/mol. The van der Waals surface area contributed by atoms with Crippen LogP contribution in [-0.4, -0.2) is 19.6 Å². The maximum atomic E-state index is 11.7. The van der Waals surface area contributed by atoms with Crippen LogP contribution in [0.4, 0.5) is 0 Å². The first-order valence-electron chi connectivity index (χ1n) is 6.78. The summed E-state index contributed by atoms with van der Waals surface area (Å²) in [6.45, 7) is 5.67. The molecule has 0 radical (unpaired) electrons. The molecule has 21 heavy (non-hydrogen) atoms. The standard InChI is InChI=1S/C15H16N4O2/c1-10(2)19-15(20)21-14(17-19)13-11(3)9-18(16-13)12-7-5-4-6-8-12/h4-10H,1-3H3. The number of aryl methyl sites for hydroxylation is 1. The van der Waals surface area contributed by atoms with Crippen molar-refractivity contribution in [3.63, 3.8) is 0 Å².